The van der Waals surface area contributed by atoms with Crippen molar-refractivity contribution in [1.29, 1.82) is 0 Å². The normalized spacial score (nSPS) is 13.0. The third-order valence-corrected chi connectivity index (χ3v) is 4.50. The van der Waals surface area contributed by atoms with E-state index in [0.717, 1.165) is 0 Å². The Bertz CT molecular complexity index is 774. The molecule has 0 unspecified atom stereocenters. The maximum absolute atomic E-state index is 5.40. The van der Waals surface area contributed by atoms with Crippen molar-refractivity contribution in [3.63, 3.8) is 0 Å². The van der Waals surface area contributed by atoms with Gasteiger partial charge in [0.1, 0.15) is 0 Å². The van der Waals surface area contributed by atoms with Crippen molar-refractivity contribution >= 4 is 0 Å². The van der Waals surface area contributed by atoms with Gasteiger partial charge in [0.05, 0.1) is 6.61 Å². The number of methoxy groups -OCH3 is 1. The van der Waals surface area contributed by atoms with Gasteiger partial charge in [-0.1, -0.05) is 72.8 Å². The summed E-state index contributed by atoms with van der Waals surface area (Å²) in [6, 6.07) is 26.1. The fraction of sp³-hybridized carbons (Fsp3) is 0.143. The highest BCUT2D eigenvalue weighted by atomic mass is 16.5. The standard InChI is InChI=1S/C21H18O/c1-22-14-15-8-2-3-9-16(15)21-19-12-6-4-10-17(19)18-11-5-7-13-20(18)21/h2-13,21H,14H2,1H3. The van der Waals surface area contributed by atoms with E-state index in [4.69, 9.17) is 4.74 Å². The van der Waals surface area contributed by atoms with E-state index >= 15 is 0 Å². The smallest absolute Gasteiger partial charge is 0.0716 e. The monoisotopic (exact) mass is 286 g/mol. The molecule has 0 bridgehead atoms. The highest BCUT2D eigenvalue weighted by Gasteiger charge is 2.30. The van der Waals surface area contributed by atoms with Crippen LogP contribution in [0.3, 0.4) is 0 Å². The van der Waals surface area contributed by atoms with Gasteiger partial charge < -0.3 is 4.74 Å². The summed E-state index contributed by atoms with van der Waals surface area (Å²) in [7, 11) is 1.76. The lowest BCUT2D eigenvalue weighted by Gasteiger charge is -2.18. The van der Waals surface area contributed by atoms with Crippen molar-refractivity contribution in [3.05, 3.63) is 95.1 Å². The molecule has 1 aliphatic carbocycles. The predicted molar refractivity (Wildman–Crippen MR) is 90.0 cm³/mol. The Balaban J connectivity index is 1.96. The van der Waals surface area contributed by atoms with E-state index in [9.17, 15) is 0 Å². The number of rotatable bonds is 3. The van der Waals surface area contributed by atoms with E-state index in [1.165, 1.54) is 33.4 Å². The first-order chi connectivity index (χ1) is 10.9. The molecule has 1 aliphatic rings. The van der Waals surface area contributed by atoms with Gasteiger partial charge in [-0.15, -0.1) is 0 Å². The number of ether oxygens (including phenoxy) is 1. The zero-order valence-corrected chi connectivity index (χ0v) is 12.6. The second-order valence-corrected chi connectivity index (χ2v) is 5.74. The number of fused-ring (bicyclic) bond motifs is 3. The van der Waals surface area contributed by atoms with Crippen LogP contribution >= 0.6 is 0 Å². The first-order valence-electron chi connectivity index (χ1n) is 7.65. The molecule has 0 atom stereocenters. The molecule has 0 amide bonds. The summed E-state index contributed by atoms with van der Waals surface area (Å²) in [4.78, 5) is 0. The molecular weight excluding hydrogens is 268 g/mol. The molecule has 1 heteroatoms. The summed E-state index contributed by atoms with van der Waals surface area (Å²) in [6.07, 6.45) is 0. The summed E-state index contributed by atoms with van der Waals surface area (Å²) in [5, 5.41) is 0. The van der Waals surface area contributed by atoms with Crippen molar-refractivity contribution in [2.24, 2.45) is 0 Å². The molecular formula is C21H18O. The average molecular weight is 286 g/mol. The van der Waals surface area contributed by atoms with E-state index in [0.29, 0.717) is 12.5 Å². The lowest BCUT2D eigenvalue weighted by Crippen LogP contribution is -2.04. The van der Waals surface area contributed by atoms with E-state index in [1.54, 1.807) is 7.11 Å². The third kappa shape index (κ3) is 1.98. The van der Waals surface area contributed by atoms with Crippen LogP contribution in [-0.4, -0.2) is 7.11 Å². The first kappa shape index (κ1) is 13.3. The maximum Gasteiger partial charge on any atom is 0.0716 e. The largest absolute Gasteiger partial charge is 0.380 e. The molecule has 108 valence electrons. The molecule has 3 aromatic carbocycles. The molecule has 0 heterocycles. The van der Waals surface area contributed by atoms with Crippen molar-refractivity contribution < 1.29 is 4.74 Å². The molecule has 1 nitrogen and oxygen atoms in total. The minimum Gasteiger partial charge on any atom is -0.380 e. The Morgan fingerprint density at radius 1 is 0.682 bits per heavy atom. The molecule has 0 saturated carbocycles. The molecule has 22 heavy (non-hydrogen) atoms. The van der Waals surface area contributed by atoms with E-state index < -0.39 is 0 Å². The van der Waals surface area contributed by atoms with Crippen LogP contribution in [-0.2, 0) is 11.3 Å². The summed E-state index contributed by atoms with van der Waals surface area (Å²) >= 11 is 0. The maximum atomic E-state index is 5.40. The summed E-state index contributed by atoms with van der Waals surface area (Å²) in [6.45, 7) is 0.650. The summed E-state index contributed by atoms with van der Waals surface area (Å²) < 4.78 is 5.40. The number of hydrogen-bond acceptors (Lipinski definition) is 1. The first-order valence-corrected chi connectivity index (χ1v) is 7.65. The Kier molecular flexibility index (Phi) is 3.28. The van der Waals surface area contributed by atoms with Gasteiger partial charge in [-0.25, -0.2) is 0 Å². The zero-order valence-electron chi connectivity index (χ0n) is 12.6. The van der Waals surface area contributed by atoms with E-state index in [2.05, 4.69) is 72.8 Å². The van der Waals surface area contributed by atoms with Gasteiger partial charge in [0, 0.05) is 13.0 Å². The minimum absolute atomic E-state index is 0.304. The van der Waals surface area contributed by atoms with Crippen molar-refractivity contribution in [2.75, 3.05) is 7.11 Å². The Hall–Kier alpha value is -2.38. The number of hydrogen-bond donors (Lipinski definition) is 0. The average Bonchev–Trinajstić information content (AvgIpc) is 2.90. The quantitative estimate of drug-likeness (QED) is 0.515. The Morgan fingerprint density at radius 2 is 1.18 bits per heavy atom. The summed E-state index contributed by atoms with van der Waals surface area (Å²) in [5.41, 5.74) is 8.12. The van der Waals surface area contributed by atoms with Crippen LogP contribution in [0, 0.1) is 0 Å². The van der Waals surface area contributed by atoms with Crippen LogP contribution in [0.4, 0.5) is 0 Å². The van der Waals surface area contributed by atoms with Crippen LogP contribution in [0.1, 0.15) is 28.2 Å². The fourth-order valence-corrected chi connectivity index (χ4v) is 3.59. The van der Waals surface area contributed by atoms with Gasteiger partial charge in [-0.3, -0.25) is 0 Å². The highest BCUT2D eigenvalue weighted by Crippen LogP contribution is 2.48. The molecule has 0 spiro atoms. The van der Waals surface area contributed by atoms with Gasteiger partial charge >= 0.3 is 0 Å². The van der Waals surface area contributed by atoms with Crippen LogP contribution in [0.5, 0.6) is 0 Å². The highest BCUT2D eigenvalue weighted by molar-refractivity contribution is 5.80. The van der Waals surface area contributed by atoms with Crippen LogP contribution in [0.15, 0.2) is 72.8 Å². The second kappa shape index (κ2) is 5.43. The number of benzene rings is 3. The molecule has 0 saturated heterocycles. The molecule has 0 aromatic heterocycles. The van der Waals surface area contributed by atoms with E-state index in [-0.39, 0.29) is 0 Å². The Morgan fingerprint density at radius 3 is 1.77 bits per heavy atom. The topological polar surface area (TPSA) is 9.23 Å². The lowest BCUT2D eigenvalue weighted by molar-refractivity contribution is 0.184. The minimum atomic E-state index is 0.304. The van der Waals surface area contributed by atoms with Crippen molar-refractivity contribution in [1.82, 2.24) is 0 Å². The third-order valence-electron chi connectivity index (χ3n) is 4.50. The van der Waals surface area contributed by atoms with Gasteiger partial charge in [-0.2, -0.15) is 0 Å². The van der Waals surface area contributed by atoms with Crippen LogP contribution < -0.4 is 0 Å². The van der Waals surface area contributed by atoms with Crippen molar-refractivity contribution in [3.8, 4) is 11.1 Å². The molecule has 0 aliphatic heterocycles. The fourth-order valence-electron chi connectivity index (χ4n) is 3.59. The second-order valence-electron chi connectivity index (χ2n) is 5.74. The van der Waals surface area contributed by atoms with Gasteiger partial charge in [0.15, 0.2) is 0 Å². The lowest BCUT2D eigenvalue weighted by atomic mass is 9.86. The molecule has 3 aromatic rings. The van der Waals surface area contributed by atoms with Crippen LogP contribution in [0.2, 0.25) is 0 Å². The van der Waals surface area contributed by atoms with Gasteiger partial charge in [0.25, 0.3) is 0 Å². The van der Waals surface area contributed by atoms with Crippen LogP contribution in [0.25, 0.3) is 11.1 Å². The van der Waals surface area contributed by atoms with Gasteiger partial charge in [-0.05, 0) is 33.4 Å². The van der Waals surface area contributed by atoms with Gasteiger partial charge in [0.2, 0.25) is 0 Å². The molecule has 0 radical (unpaired) electrons. The SMILES string of the molecule is COCc1ccccc1C1c2ccccc2-c2ccccc21. The Labute approximate surface area is 131 Å². The molecule has 4 rings (SSSR count). The summed E-state index contributed by atoms with van der Waals surface area (Å²) in [5.74, 6) is 0.304. The zero-order chi connectivity index (χ0) is 14.9. The van der Waals surface area contributed by atoms with E-state index in [1.807, 2.05) is 0 Å². The predicted octanol–water partition coefficient (Wildman–Crippen LogP) is 4.99. The van der Waals surface area contributed by atoms with Crippen molar-refractivity contribution in [2.45, 2.75) is 12.5 Å². The molecule has 0 N–H and O–H groups in total. The molecule has 0 fully saturated rings.